The van der Waals surface area contributed by atoms with Crippen molar-refractivity contribution in [1.29, 1.82) is 0 Å². The number of benzene rings is 1. The molecule has 0 aliphatic rings. The van der Waals surface area contributed by atoms with Crippen LogP contribution in [0, 0.1) is 0 Å². The number of nitrogens with zero attached hydrogens (tertiary/aromatic N) is 1. The zero-order valence-corrected chi connectivity index (χ0v) is 11.6. The second-order valence-electron chi connectivity index (χ2n) is 4.39. The molecule has 0 bridgehead atoms. The number of amides is 1. The minimum atomic E-state index is -0.449. The highest BCUT2D eigenvalue weighted by Crippen LogP contribution is 2.21. The summed E-state index contributed by atoms with van der Waals surface area (Å²) < 4.78 is 4.64. The molecule has 0 spiro atoms. The molecule has 6 nitrogen and oxygen atoms in total. The molecule has 104 valence electrons. The summed E-state index contributed by atoms with van der Waals surface area (Å²) in [6, 6.07) is 4.30. The molecule has 0 aromatic heterocycles. The minimum Gasteiger partial charge on any atom is -0.465 e. The summed E-state index contributed by atoms with van der Waals surface area (Å²) in [5, 5.41) is 2.99. The smallest absolute Gasteiger partial charge is 0.337 e. The number of nitrogen functional groups attached to an aromatic ring is 1. The molecule has 1 rings (SSSR count). The molecule has 0 saturated heterocycles. The van der Waals surface area contributed by atoms with Crippen molar-refractivity contribution in [2.45, 2.75) is 13.0 Å². The lowest BCUT2D eigenvalue weighted by Gasteiger charge is -2.20. The lowest BCUT2D eigenvalue weighted by Crippen LogP contribution is -2.36. The van der Waals surface area contributed by atoms with Crippen molar-refractivity contribution < 1.29 is 14.3 Å². The Balaban J connectivity index is 2.94. The van der Waals surface area contributed by atoms with E-state index in [2.05, 4.69) is 10.1 Å². The number of nitrogens with one attached hydrogen (secondary N) is 1. The maximum absolute atomic E-state index is 11.8. The van der Waals surface area contributed by atoms with Gasteiger partial charge in [0, 0.05) is 14.1 Å². The van der Waals surface area contributed by atoms with E-state index >= 15 is 0 Å². The van der Waals surface area contributed by atoms with E-state index in [-0.39, 0.29) is 5.91 Å². The Labute approximate surface area is 112 Å². The van der Waals surface area contributed by atoms with Crippen LogP contribution in [0.4, 0.5) is 11.4 Å². The second kappa shape index (κ2) is 6.08. The maximum Gasteiger partial charge on any atom is 0.337 e. The van der Waals surface area contributed by atoms with Gasteiger partial charge in [0.25, 0.3) is 0 Å². The van der Waals surface area contributed by atoms with Gasteiger partial charge in [-0.05, 0) is 25.1 Å². The molecule has 0 aliphatic carbocycles. The van der Waals surface area contributed by atoms with E-state index < -0.39 is 12.0 Å². The van der Waals surface area contributed by atoms with Gasteiger partial charge in [-0.2, -0.15) is 0 Å². The summed E-state index contributed by atoms with van der Waals surface area (Å²) in [6.45, 7) is 1.73. The molecule has 1 aromatic carbocycles. The quantitative estimate of drug-likeness (QED) is 0.625. The van der Waals surface area contributed by atoms with Gasteiger partial charge < -0.3 is 20.7 Å². The number of methoxy groups -OCH3 is 1. The van der Waals surface area contributed by atoms with Gasteiger partial charge >= 0.3 is 5.97 Å². The van der Waals surface area contributed by atoms with E-state index in [0.29, 0.717) is 16.9 Å². The highest BCUT2D eigenvalue weighted by atomic mass is 16.5. The molecule has 0 fully saturated rings. The predicted octanol–water partition coefficient (Wildman–Crippen LogP) is 0.944. The summed E-state index contributed by atoms with van der Waals surface area (Å²) >= 11 is 0. The average Bonchev–Trinajstić information content (AvgIpc) is 2.39. The molecule has 1 unspecified atom stereocenters. The highest BCUT2D eigenvalue weighted by molar-refractivity contribution is 5.92. The zero-order valence-electron chi connectivity index (χ0n) is 11.6. The standard InChI is InChI=1S/C13H19N3O3/c1-8(12(17)16(2)3)15-11-7-9(13(18)19-4)5-6-10(11)14/h5-8,15H,14H2,1-4H3. The molecule has 1 atom stereocenters. The summed E-state index contributed by atoms with van der Waals surface area (Å²) in [5.41, 5.74) is 7.19. The zero-order chi connectivity index (χ0) is 14.6. The molecule has 0 aliphatic heterocycles. The first-order valence-electron chi connectivity index (χ1n) is 5.82. The van der Waals surface area contributed by atoms with Crippen LogP contribution in [-0.4, -0.2) is 44.0 Å². The first kappa shape index (κ1) is 14.8. The summed E-state index contributed by atoms with van der Waals surface area (Å²) in [6.07, 6.45) is 0. The van der Waals surface area contributed by atoms with Crippen molar-refractivity contribution in [3.8, 4) is 0 Å². The number of carbonyl (C=O) groups excluding carboxylic acids is 2. The van der Waals surface area contributed by atoms with Crippen molar-refractivity contribution in [1.82, 2.24) is 4.90 Å². The fraction of sp³-hybridized carbons (Fsp3) is 0.385. The first-order valence-corrected chi connectivity index (χ1v) is 5.82. The van der Waals surface area contributed by atoms with Crippen LogP contribution in [0.3, 0.4) is 0 Å². The molecule has 0 saturated carbocycles. The topological polar surface area (TPSA) is 84.7 Å². The van der Waals surface area contributed by atoms with Gasteiger partial charge in [-0.3, -0.25) is 4.79 Å². The van der Waals surface area contributed by atoms with Crippen LogP contribution in [-0.2, 0) is 9.53 Å². The van der Waals surface area contributed by atoms with E-state index in [0.717, 1.165) is 0 Å². The monoisotopic (exact) mass is 265 g/mol. The lowest BCUT2D eigenvalue weighted by molar-refractivity contribution is -0.129. The van der Waals surface area contributed by atoms with E-state index in [4.69, 9.17) is 5.73 Å². The Morgan fingerprint density at radius 1 is 1.37 bits per heavy atom. The van der Waals surface area contributed by atoms with Gasteiger partial charge in [-0.1, -0.05) is 0 Å². The number of ether oxygens (including phenoxy) is 1. The van der Waals surface area contributed by atoms with Crippen LogP contribution in [0.1, 0.15) is 17.3 Å². The number of esters is 1. The number of rotatable bonds is 4. The van der Waals surface area contributed by atoms with E-state index in [1.807, 2.05) is 0 Å². The van der Waals surface area contributed by atoms with Crippen LogP contribution in [0.15, 0.2) is 18.2 Å². The van der Waals surface area contributed by atoms with E-state index in [1.165, 1.54) is 12.0 Å². The molecule has 1 amide bonds. The van der Waals surface area contributed by atoms with Gasteiger partial charge in [0.05, 0.1) is 24.0 Å². The lowest BCUT2D eigenvalue weighted by atomic mass is 10.1. The van der Waals surface area contributed by atoms with Crippen molar-refractivity contribution in [3.63, 3.8) is 0 Å². The number of anilines is 2. The number of hydrogen-bond donors (Lipinski definition) is 2. The number of carbonyl (C=O) groups is 2. The summed E-state index contributed by atoms with van der Waals surface area (Å²) in [7, 11) is 4.66. The maximum atomic E-state index is 11.8. The van der Waals surface area contributed by atoms with Crippen LogP contribution >= 0.6 is 0 Å². The Morgan fingerprint density at radius 3 is 2.53 bits per heavy atom. The first-order chi connectivity index (χ1) is 8.86. The SMILES string of the molecule is COC(=O)c1ccc(N)c(NC(C)C(=O)N(C)C)c1. The highest BCUT2D eigenvalue weighted by Gasteiger charge is 2.16. The van der Waals surface area contributed by atoms with Crippen molar-refractivity contribution in [3.05, 3.63) is 23.8 Å². The average molecular weight is 265 g/mol. The summed E-state index contributed by atoms with van der Waals surface area (Å²) in [5.74, 6) is -0.530. The molecule has 0 radical (unpaired) electrons. The molecule has 1 aromatic rings. The largest absolute Gasteiger partial charge is 0.465 e. The van der Waals surface area contributed by atoms with Crippen LogP contribution < -0.4 is 11.1 Å². The molecular weight excluding hydrogens is 246 g/mol. The van der Waals surface area contributed by atoms with Crippen LogP contribution in [0.25, 0.3) is 0 Å². The van der Waals surface area contributed by atoms with E-state index in [1.54, 1.807) is 39.2 Å². The van der Waals surface area contributed by atoms with Gasteiger partial charge in [0.1, 0.15) is 6.04 Å². The van der Waals surface area contributed by atoms with Gasteiger partial charge in [0.2, 0.25) is 5.91 Å². The molecular formula is C13H19N3O3. The predicted molar refractivity (Wildman–Crippen MR) is 74.0 cm³/mol. The van der Waals surface area contributed by atoms with Crippen molar-refractivity contribution in [2.24, 2.45) is 0 Å². The minimum absolute atomic E-state index is 0.0807. The third-order valence-corrected chi connectivity index (χ3v) is 2.66. The molecule has 6 heteroatoms. The Bertz CT molecular complexity index is 486. The van der Waals surface area contributed by atoms with Crippen LogP contribution in [0.5, 0.6) is 0 Å². The van der Waals surface area contributed by atoms with Crippen molar-refractivity contribution >= 4 is 23.3 Å². The van der Waals surface area contributed by atoms with Crippen LogP contribution in [0.2, 0.25) is 0 Å². The Morgan fingerprint density at radius 2 is 2.00 bits per heavy atom. The Hall–Kier alpha value is -2.24. The molecule has 19 heavy (non-hydrogen) atoms. The normalized spacial score (nSPS) is 11.6. The van der Waals surface area contributed by atoms with Gasteiger partial charge in [-0.25, -0.2) is 4.79 Å². The van der Waals surface area contributed by atoms with Gasteiger partial charge in [0.15, 0.2) is 0 Å². The second-order valence-corrected chi connectivity index (χ2v) is 4.39. The number of likely N-dealkylation sites (N-methyl/N-ethyl adjacent to an activating group) is 1. The third-order valence-electron chi connectivity index (χ3n) is 2.66. The molecule has 3 N–H and O–H groups in total. The fourth-order valence-electron chi connectivity index (χ4n) is 1.61. The van der Waals surface area contributed by atoms with Gasteiger partial charge in [-0.15, -0.1) is 0 Å². The fourth-order valence-corrected chi connectivity index (χ4v) is 1.61. The number of hydrogen-bond acceptors (Lipinski definition) is 5. The Kier molecular flexibility index (Phi) is 4.74. The summed E-state index contributed by atoms with van der Waals surface area (Å²) in [4.78, 5) is 24.7. The van der Waals surface area contributed by atoms with E-state index in [9.17, 15) is 9.59 Å². The third kappa shape index (κ3) is 3.61. The molecule has 0 heterocycles. The number of nitrogens with two attached hydrogens (primary N) is 1. The van der Waals surface area contributed by atoms with Crippen molar-refractivity contribution in [2.75, 3.05) is 32.3 Å².